The van der Waals surface area contributed by atoms with Gasteiger partial charge in [-0.05, 0) is 41.8 Å². The standard InChI is InChI=1S/C23H25F2NO7.C3H8O3S/c1-30-21(26-29)13-32-17-7-3-15(4-8-17)19(11-24)23(28)20(12-25)16-5-9-18(10-6-16)33-14-22(27)31-2;1-2-3-6-7(4)5/h3-10,19-20,29H,11-14H2,1-2H3;2-3H2,1H3,(H,4,5)/p-1. The van der Waals surface area contributed by atoms with Gasteiger partial charge in [0, 0.05) is 0 Å². The van der Waals surface area contributed by atoms with Gasteiger partial charge in [0.2, 0.25) is 0 Å². The molecular weight excluding hydrogens is 556 g/mol. The van der Waals surface area contributed by atoms with Gasteiger partial charge in [0.25, 0.3) is 5.90 Å². The topological polar surface area (TPSA) is 153 Å². The highest BCUT2D eigenvalue weighted by Gasteiger charge is 2.30. The van der Waals surface area contributed by atoms with E-state index in [0.29, 0.717) is 22.6 Å². The van der Waals surface area contributed by atoms with Gasteiger partial charge in [-0.25, -0.2) is 17.8 Å². The predicted octanol–water partition coefficient (Wildman–Crippen LogP) is 3.63. The van der Waals surface area contributed by atoms with Gasteiger partial charge >= 0.3 is 5.97 Å². The molecule has 3 atom stereocenters. The number of hydrogen-bond donors (Lipinski definition) is 1. The Hall–Kier alpha value is -3.62. The molecule has 40 heavy (non-hydrogen) atoms. The molecule has 14 heteroatoms. The normalized spacial score (nSPS) is 13.2. The second-order valence-electron chi connectivity index (χ2n) is 7.83. The lowest BCUT2D eigenvalue weighted by Gasteiger charge is -2.20. The van der Waals surface area contributed by atoms with Gasteiger partial charge in [0.1, 0.15) is 24.8 Å². The minimum absolute atomic E-state index is 0.0385. The van der Waals surface area contributed by atoms with E-state index in [1.807, 2.05) is 6.92 Å². The first-order valence-electron chi connectivity index (χ1n) is 11.9. The molecule has 0 bridgehead atoms. The predicted molar refractivity (Wildman–Crippen MR) is 140 cm³/mol. The van der Waals surface area contributed by atoms with Crippen LogP contribution >= 0.6 is 0 Å². The molecule has 0 aliphatic rings. The van der Waals surface area contributed by atoms with Crippen LogP contribution in [0, 0.1) is 0 Å². The van der Waals surface area contributed by atoms with Crippen molar-refractivity contribution < 1.29 is 55.5 Å². The third-order valence-electron chi connectivity index (χ3n) is 5.24. The molecule has 0 aromatic heterocycles. The van der Waals surface area contributed by atoms with Gasteiger partial charge in [0.15, 0.2) is 19.0 Å². The van der Waals surface area contributed by atoms with Gasteiger partial charge in [0.05, 0.1) is 44.0 Å². The number of esters is 1. The average Bonchev–Trinajstić information content (AvgIpc) is 2.97. The van der Waals surface area contributed by atoms with Crippen molar-refractivity contribution >= 4 is 29.0 Å². The molecule has 222 valence electrons. The first-order chi connectivity index (χ1) is 19.2. The first kappa shape index (κ1) is 34.4. The average molecular weight is 589 g/mol. The van der Waals surface area contributed by atoms with Gasteiger partial charge < -0.3 is 32.9 Å². The number of methoxy groups -OCH3 is 2. The van der Waals surface area contributed by atoms with Gasteiger partial charge in [-0.15, -0.1) is 0 Å². The van der Waals surface area contributed by atoms with Crippen LogP contribution in [0.2, 0.25) is 0 Å². The van der Waals surface area contributed by atoms with E-state index >= 15 is 0 Å². The maximum atomic E-state index is 13.8. The van der Waals surface area contributed by atoms with Crippen LogP contribution in [0.25, 0.3) is 0 Å². The minimum Gasteiger partial charge on any atom is -0.750 e. The maximum absolute atomic E-state index is 13.8. The number of nitrogens with zero attached hydrogens (tertiary/aromatic N) is 1. The lowest BCUT2D eigenvalue weighted by molar-refractivity contribution is -0.142. The van der Waals surface area contributed by atoms with Crippen molar-refractivity contribution in [3.05, 3.63) is 59.7 Å². The SMILES string of the molecule is CCCOS(=O)[O-].COC(=O)COc1ccc(C(CF)C(=O)C(CF)c2ccc(OCC(=NO)OC)cc2)cc1. The van der Waals surface area contributed by atoms with Crippen LogP contribution in [0.15, 0.2) is 53.7 Å². The van der Waals surface area contributed by atoms with E-state index < -0.39 is 48.3 Å². The summed E-state index contributed by atoms with van der Waals surface area (Å²) in [6.45, 7) is -0.283. The van der Waals surface area contributed by atoms with E-state index in [0.717, 1.165) is 6.42 Å². The highest BCUT2D eigenvalue weighted by Crippen LogP contribution is 2.30. The lowest BCUT2D eigenvalue weighted by atomic mass is 9.85. The molecule has 11 nitrogen and oxygen atoms in total. The Bertz CT molecular complexity index is 1080. The molecular formula is C26H32F2NO10S-. The summed E-state index contributed by atoms with van der Waals surface area (Å²) < 4.78 is 70.7. The number of benzene rings is 2. The summed E-state index contributed by atoms with van der Waals surface area (Å²) >= 11 is -2.32. The number of carbonyl (C=O) groups excluding carboxylic acids is 2. The van der Waals surface area contributed by atoms with Crippen LogP contribution in [-0.4, -0.2) is 79.0 Å². The largest absolute Gasteiger partial charge is 0.750 e. The number of oxime groups is 1. The third-order valence-corrected chi connectivity index (χ3v) is 5.60. The van der Waals surface area contributed by atoms with Crippen LogP contribution in [0.3, 0.4) is 0 Å². The van der Waals surface area contributed by atoms with Crippen molar-refractivity contribution in [2.75, 3.05) is 47.4 Å². The highest BCUT2D eigenvalue weighted by atomic mass is 32.2. The highest BCUT2D eigenvalue weighted by molar-refractivity contribution is 7.74. The Morgan fingerprint density at radius 2 is 1.38 bits per heavy atom. The summed E-state index contributed by atoms with van der Waals surface area (Å²) in [7, 11) is 2.56. The third kappa shape index (κ3) is 12.1. The van der Waals surface area contributed by atoms with Crippen LogP contribution in [-0.2, 0) is 34.6 Å². The molecule has 2 aromatic rings. The molecule has 0 heterocycles. The Morgan fingerprint density at radius 3 is 1.70 bits per heavy atom. The van der Waals surface area contributed by atoms with Crippen molar-refractivity contribution in [2.24, 2.45) is 5.16 Å². The zero-order valence-electron chi connectivity index (χ0n) is 22.2. The molecule has 0 aliphatic carbocycles. The summed E-state index contributed by atoms with van der Waals surface area (Å²) in [6, 6.07) is 12.1. The fraction of sp³-hybridized carbons (Fsp3) is 0.423. The fourth-order valence-electron chi connectivity index (χ4n) is 3.12. The minimum atomic E-state index is -2.32. The second kappa shape index (κ2) is 19.4. The van der Waals surface area contributed by atoms with E-state index in [1.165, 1.54) is 62.8 Å². The molecule has 0 spiro atoms. The summed E-state index contributed by atoms with van der Waals surface area (Å²) in [4.78, 5) is 24.1. The molecule has 2 aromatic carbocycles. The van der Waals surface area contributed by atoms with Crippen molar-refractivity contribution in [3.63, 3.8) is 0 Å². The molecule has 1 N–H and O–H groups in total. The van der Waals surface area contributed by atoms with Crippen molar-refractivity contribution in [3.8, 4) is 11.5 Å². The van der Waals surface area contributed by atoms with Crippen molar-refractivity contribution in [2.45, 2.75) is 25.2 Å². The number of alkyl halides is 2. The van der Waals surface area contributed by atoms with Gasteiger partial charge in [-0.3, -0.25) is 4.79 Å². The molecule has 3 unspecified atom stereocenters. The molecule has 0 fully saturated rings. The summed E-state index contributed by atoms with van der Waals surface area (Å²) in [5.41, 5.74) is 0.732. The van der Waals surface area contributed by atoms with Crippen LogP contribution in [0.5, 0.6) is 11.5 Å². The van der Waals surface area contributed by atoms with E-state index in [9.17, 15) is 27.1 Å². The van der Waals surface area contributed by atoms with Crippen molar-refractivity contribution in [1.29, 1.82) is 0 Å². The van der Waals surface area contributed by atoms with E-state index in [2.05, 4.69) is 14.1 Å². The number of ketones is 1. The summed E-state index contributed by atoms with van der Waals surface area (Å²) in [5, 5.41) is 11.6. The Kier molecular flexibility index (Phi) is 16.7. The number of halogens is 2. The summed E-state index contributed by atoms with van der Waals surface area (Å²) in [6.07, 6.45) is 0.730. The Morgan fingerprint density at radius 1 is 0.900 bits per heavy atom. The number of carbonyl (C=O) groups is 2. The van der Waals surface area contributed by atoms with Gasteiger partial charge in [-0.2, -0.15) is 0 Å². The quantitative estimate of drug-likeness (QED) is 0.0815. The van der Waals surface area contributed by atoms with Crippen LogP contribution < -0.4 is 9.47 Å². The maximum Gasteiger partial charge on any atom is 0.343 e. The molecule has 0 saturated heterocycles. The number of hydrogen-bond acceptors (Lipinski definition) is 11. The molecule has 0 amide bonds. The fourth-order valence-corrected chi connectivity index (χ4v) is 3.42. The second-order valence-corrected chi connectivity index (χ2v) is 8.48. The van der Waals surface area contributed by atoms with Crippen LogP contribution in [0.4, 0.5) is 8.78 Å². The molecule has 0 saturated carbocycles. The number of Topliss-reactive ketones (excluding diaryl/α,β-unsaturated/α-hetero) is 1. The molecule has 2 rings (SSSR count). The zero-order valence-corrected chi connectivity index (χ0v) is 23.1. The first-order valence-corrected chi connectivity index (χ1v) is 12.9. The van der Waals surface area contributed by atoms with E-state index in [1.54, 1.807) is 0 Å². The van der Waals surface area contributed by atoms with Crippen LogP contribution in [0.1, 0.15) is 36.3 Å². The monoisotopic (exact) mass is 588 g/mol. The van der Waals surface area contributed by atoms with Crippen molar-refractivity contribution in [1.82, 2.24) is 0 Å². The Balaban J connectivity index is 0.00000101. The van der Waals surface area contributed by atoms with Gasteiger partial charge in [-0.1, -0.05) is 36.3 Å². The zero-order chi connectivity index (χ0) is 29.9. The molecule has 0 radical (unpaired) electrons. The Labute approximate surface area is 233 Å². The summed E-state index contributed by atoms with van der Waals surface area (Å²) in [5.74, 6) is -2.81. The number of ether oxygens (including phenoxy) is 4. The molecule has 0 aliphatic heterocycles. The number of rotatable bonds is 15. The van der Waals surface area contributed by atoms with E-state index in [-0.39, 0.29) is 25.7 Å². The van der Waals surface area contributed by atoms with E-state index in [4.69, 9.17) is 19.4 Å². The smallest absolute Gasteiger partial charge is 0.343 e. The lowest BCUT2D eigenvalue weighted by Crippen LogP contribution is -2.24.